The fourth-order valence-corrected chi connectivity index (χ4v) is 3.10. The summed E-state index contributed by atoms with van der Waals surface area (Å²) in [4.78, 5) is 12.4. The van der Waals surface area contributed by atoms with Crippen LogP contribution in [0.4, 0.5) is 0 Å². The van der Waals surface area contributed by atoms with Crippen LogP contribution in [0.25, 0.3) is 11.5 Å². The molecule has 1 aromatic heterocycles. The number of esters is 1. The second-order valence-corrected chi connectivity index (χ2v) is 8.20. The van der Waals surface area contributed by atoms with E-state index in [2.05, 4.69) is 10.2 Å². The van der Waals surface area contributed by atoms with E-state index in [0.29, 0.717) is 5.89 Å². The van der Waals surface area contributed by atoms with Crippen LogP contribution in [-0.4, -0.2) is 30.8 Å². The van der Waals surface area contributed by atoms with E-state index in [-0.39, 0.29) is 21.4 Å². The molecule has 3 aromatic rings. The standard InChI is InChI=1S/C18H15ClN2O5S/c1-11(16-20-21-17(26-16)12-6-4-3-5-7-12)25-18(22)14-10-13(27(2,23)24)8-9-15(14)19/h3-11H,1-2H3. The number of hydrogen-bond donors (Lipinski definition) is 0. The number of benzene rings is 2. The summed E-state index contributed by atoms with van der Waals surface area (Å²) >= 11 is 6.01. The monoisotopic (exact) mass is 406 g/mol. The predicted molar refractivity (Wildman–Crippen MR) is 98.1 cm³/mol. The van der Waals surface area contributed by atoms with Gasteiger partial charge in [-0.25, -0.2) is 13.2 Å². The molecule has 0 aliphatic carbocycles. The van der Waals surface area contributed by atoms with Gasteiger partial charge in [0.05, 0.1) is 15.5 Å². The van der Waals surface area contributed by atoms with Crippen molar-refractivity contribution in [2.75, 3.05) is 6.26 Å². The molecule has 9 heteroatoms. The van der Waals surface area contributed by atoms with Crippen molar-refractivity contribution in [3.8, 4) is 11.5 Å². The lowest BCUT2D eigenvalue weighted by Gasteiger charge is -2.11. The first-order valence-corrected chi connectivity index (χ1v) is 10.1. The predicted octanol–water partition coefficient (Wildman–Crippen LogP) is 3.71. The van der Waals surface area contributed by atoms with Gasteiger partial charge in [-0.1, -0.05) is 29.8 Å². The Labute approximate surface area is 160 Å². The molecular weight excluding hydrogens is 392 g/mol. The zero-order chi connectivity index (χ0) is 19.6. The van der Waals surface area contributed by atoms with Gasteiger partial charge in [-0.05, 0) is 37.3 Å². The van der Waals surface area contributed by atoms with Crippen molar-refractivity contribution in [1.29, 1.82) is 0 Å². The van der Waals surface area contributed by atoms with Crippen LogP contribution in [0.2, 0.25) is 5.02 Å². The highest BCUT2D eigenvalue weighted by Gasteiger charge is 2.22. The molecule has 27 heavy (non-hydrogen) atoms. The Hall–Kier alpha value is -2.71. The van der Waals surface area contributed by atoms with Gasteiger partial charge in [0.2, 0.25) is 5.89 Å². The van der Waals surface area contributed by atoms with Crippen molar-refractivity contribution < 1.29 is 22.4 Å². The van der Waals surface area contributed by atoms with E-state index in [1.807, 2.05) is 30.3 Å². The van der Waals surface area contributed by atoms with Gasteiger partial charge < -0.3 is 9.15 Å². The lowest BCUT2D eigenvalue weighted by Crippen LogP contribution is -2.11. The molecule has 0 saturated carbocycles. The van der Waals surface area contributed by atoms with Gasteiger partial charge in [-0.15, -0.1) is 10.2 Å². The molecule has 1 atom stereocenters. The summed E-state index contributed by atoms with van der Waals surface area (Å²) in [6, 6.07) is 13.0. The molecular formula is C18H15ClN2O5S. The fraction of sp³-hybridized carbons (Fsp3) is 0.167. The lowest BCUT2D eigenvalue weighted by atomic mass is 10.2. The third kappa shape index (κ3) is 4.35. The van der Waals surface area contributed by atoms with Crippen LogP contribution in [0, 0.1) is 0 Å². The maximum absolute atomic E-state index is 12.4. The average Bonchev–Trinajstić information content (AvgIpc) is 3.12. The summed E-state index contributed by atoms with van der Waals surface area (Å²) in [7, 11) is -3.49. The summed E-state index contributed by atoms with van der Waals surface area (Å²) < 4.78 is 34.2. The molecule has 0 radical (unpaired) electrons. The Balaban J connectivity index is 1.80. The normalized spacial score (nSPS) is 12.6. The van der Waals surface area contributed by atoms with E-state index in [1.165, 1.54) is 18.2 Å². The van der Waals surface area contributed by atoms with Crippen molar-refractivity contribution >= 4 is 27.4 Å². The third-order valence-corrected chi connectivity index (χ3v) is 5.12. The van der Waals surface area contributed by atoms with Gasteiger partial charge in [0.25, 0.3) is 5.89 Å². The van der Waals surface area contributed by atoms with Gasteiger partial charge in [-0.3, -0.25) is 0 Å². The Morgan fingerprint density at radius 3 is 2.52 bits per heavy atom. The average molecular weight is 407 g/mol. The van der Waals surface area contributed by atoms with Crippen molar-refractivity contribution in [3.63, 3.8) is 0 Å². The molecule has 1 unspecified atom stereocenters. The van der Waals surface area contributed by atoms with Crippen molar-refractivity contribution in [3.05, 3.63) is 65.0 Å². The Morgan fingerprint density at radius 1 is 1.15 bits per heavy atom. The molecule has 0 aliphatic heterocycles. The van der Waals surface area contributed by atoms with E-state index in [1.54, 1.807) is 6.92 Å². The van der Waals surface area contributed by atoms with Gasteiger partial charge in [0.15, 0.2) is 15.9 Å². The highest BCUT2D eigenvalue weighted by Crippen LogP contribution is 2.26. The van der Waals surface area contributed by atoms with Crippen LogP contribution in [0.15, 0.2) is 57.8 Å². The van der Waals surface area contributed by atoms with E-state index < -0.39 is 21.9 Å². The fourth-order valence-electron chi connectivity index (χ4n) is 2.26. The molecule has 3 rings (SSSR count). The first-order chi connectivity index (χ1) is 12.8. The number of sulfone groups is 1. The Morgan fingerprint density at radius 2 is 1.85 bits per heavy atom. The van der Waals surface area contributed by atoms with Gasteiger partial charge in [-0.2, -0.15) is 0 Å². The van der Waals surface area contributed by atoms with Crippen LogP contribution in [-0.2, 0) is 14.6 Å². The van der Waals surface area contributed by atoms with Gasteiger partial charge in [0, 0.05) is 11.8 Å². The first-order valence-electron chi connectivity index (χ1n) is 7.85. The smallest absolute Gasteiger partial charge is 0.340 e. The number of hydrogen-bond acceptors (Lipinski definition) is 7. The maximum Gasteiger partial charge on any atom is 0.340 e. The van der Waals surface area contributed by atoms with Crippen LogP contribution in [0.5, 0.6) is 0 Å². The molecule has 0 saturated heterocycles. The van der Waals surface area contributed by atoms with E-state index in [4.69, 9.17) is 20.8 Å². The van der Waals surface area contributed by atoms with E-state index >= 15 is 0 Å². The highest BCUT2D eigenvalue weighted by molar-refractivity contribution is 7.90. The summed E-state index contributed by atoms with van der Waals surface area (Å²) in [5, 5.41) is 7.91. The second-order valence-electron chi connectivity index (χ2n) is 5.77. The van der Waals surface area contributed by atoms with Crippen molar-refractivity contribution in [2.24, 2.45) is 0 Å². The van der Waals surface area contributed by atoms with Crippen LogP contribution in [0.3, 0.4) is 0 Å². The quantitative estimate of drug-likeness (QED) is 0.595. The zero-order valence-corrected chi connectivity index (χ0v) is 16.0. The topological polar surface area (TPSA) is 99.4 Å². The van der Waals surface area contributed by atoms with Crippen LogP contribution >= 0.6 is 11.6 Å². The Kier molecular flexibility index (Phi) is 5.29. The number of halogens is 1. The number of carbonyl (C=O) groups is 1. The molecule has 0 aliphatic rings. The number of nitrogens with zero attached hydrogens (tertiary/aromatic N) is 2. The molecule has 7 nitrogen and oxygen atoms in total. The number of aromatic nitrogens is 2. The first kappa shape index (κ1) is 19.1. The molecule has 0 N–H and O–H groups in total. The minimum atomic E-state index is -3.49. The summed E-state index contributed by atoms with van der Waals surface area (Å²) in [5.41, 5.74) is 0.674. The number of carbonyl (C=O) groups excluding carboxylic acids is 1. The minimum absolute atomic E-state index is 0.0318. The zero-order valence-electron chi connectivity index (χ0n) is 14.4. The van der Waals surface area contributed by atoms with Crippen LogP contribution in [0.1, 0.15) is 29.3 Å². The molecule has 0 bridgehead atoms. The van der Waals surface area contributed by atoms with E-state index in [9.17, 15) is 13.2 Å². The van der Waals surface area contributed by atoms with Crippen LogP contribution < -0.4 is 0 Å². The maximum atomic E-state index is 12.4. The summed E-state index contributed by atoms with van der Waals surface area (Å²) in [6.07, 6.45) is 0.192. The lowest BCUT2D eigenvalue weighted by molar-refractivity contribution is 0.0280. The van der Waals surface area contributed by atoms with Gasteiger partial charge in [0.1, 0.15) is 0 Å². The summed E-state index contributed by atoms with van der Waals surface area (Å²) in [5.74, 6) is -0.388. The number of ether oxygens (including phenoxy) is 1. The molecule has 0 fully saturated rings. The molecule has 0 spiro atoms. The molecule has 1 heterocycles. The molecule has 2 aromatic carbocycles. The molecule has 140 valence electrons. The third-order valence-electron chi connectivity index (χ3n) is 3.68. The SMILES string of the molecule is CC(OC(=O)c1cc(S(C)(=O)=O)ccc1Cl)c1nnc(-c2ccccc2)o1. The van der Waals surface area contributed by atoms with Gasteiger partial charge >= 0.3 is 5.97 Å². The van der Waals surface area contributed by atoms with Crippen molar-refractivity contribution in [1.82, 2.24) is 10.2 Å². The largest absolute Gasteiger partial charge is 0.449 e. The second kappa shape index (κ2) is 7.50. The Bertz CT molecular complexity index is 1080. The van der Waals surface area contributed by atoms with E-state index in [0.717, 1.165) is 11.8 Å². The minimum Gasteiger partial charge on any atom is -0.449 e. The number of rotatable bonds is 5. The van der Waals surface area contributed by atoms with Crippen molar-refractivity contribution in [2.45, 2.75) is 17.9 Å². The summed E-state index contributed by atoms with van der Waals surface area (Å²) in [6.45, 7) is 1.56. The highest BCUT2D eigenvalue weighted by atomic mass is 35.5. The molecule has 0 amide bonds.